The average molecular weight is 296 g/mol. The summed E-state index contributed by atoms with van der Waals surface area (Å²) in [5, 5.41) is 14.8. The second kappa shape index (κ2) is 6.34. The summed E-state index contributed by atoms with van der Waals surface area (Å²) < 4.78 is 6.39. The molecule has 21 heavy (non-hydrogen) atoms. The summed E-state index contributed by atoms with van der Waals surface area (Å²) >= 11 is 0. The number of hydrogen-bond acceptors (Lipinski definition) is 6. The number of nitrogen functional groups attached to an aromatic ring is 1. The van der Waals surface area contributed by atoms with Crippen molar-refractivity contribution in [2.75, 3.05) is 31.8 Å². The molecule has 1 aliphatic carbocycles. The first-order chi connectivity index (χ1) is 9.97. The van der Waals surface area contributed by atoms with Crippen LogP contribution in [-0.2, 0) is 4.74 Å². The molecule has 2 unspecified atom stereocenters. The van der Waals surface area contributed by atoms with Crippen LogP contribution in [0.1, 0.15) is 48.5 Å². The van der Waals surface area contributed by atoms with E-state index in [1.165, 1.54) is 7.11 Å². The molecule has 0 aliphatic heterocycles. The third-order valence-electron chi connectivity index (χ3n) is 4.00. The van der Waals surface area contributed by atoms with Gasteiger partial charge in [-0.1, -0.05) is 19.3 Å². The number of carbonyl (C=O) groups excluding carboxylic acids is 1. The number of aromatic nitrogens is 2. The number of ether oxygens (including phenoxy) is 1. The Bertz CT molecular complexity index is 513. The van der Waals surface area contributed by atoms with Crippen molar-refractivity contribution in [3.05, 3.63) is 5.56 Å². The lowest BCUT2D eigenvalue weighted by atomic mass is 10.1. The monoisotopic (exact) mass is 296 g/mol. The predicted molar refractivity (Wildman–Crippen MR) is 80.4 cm³/mol. The maximum atomic E-state index is 12.0. The Kier molecular flexibility index (Phi) is 4.72. The first kappa shape index (κ1) is 15.6. The zero-order chi connectivity index (χ0) is 15.6. The van der Waals surface area contributed by atoms with Crippen molar-refractivity contribution < 1.29 is 14.6 Å². The molecule has 0 aromatic carbocycles. The lowest BCUT2D eigenvalue weighted by Crippen LogP contribution is -2.25. The van der Waals surface area contributed by atoms with Crippen molar-refractivity contribution >= 4 is 17.6 Å². The predicted octanol–water partition coefficient (Wildman–Crippen LogP) is 1.18. The normalized spacial score (nSPS) is 22.7. The standard InChI is InChI=1S/C14H24N4O3/c1-17(2)13-11(14(20)21-3)12(15)18(16-13)9-7-5-4-6-8-10(9)19/h9-10,19H,4-8,15H2,1-3H3. The molecule has 1 heterocycles. The number of aliphatic hydroxyl groups excluding tert-OH is 1. The molecule has 1 fully saturated rings. The Balaban J connectivity index is 2.46. The largest absolute Gasteiger partial charge is 0.465 e. The van der Waals surface area contributed by atoms with Crippen LogP contribution in [0.4, 0.5) is 11.6 Å². The molecule has 1 aromatic heterocycles. The van der Waals surface area contributed by atoms with E-state index in [0.717, 1.165) is 32.1 Å². The summed E-state index contributed by atoms with van der Waals surface area (Å²) in [6, 6.07) is -0.190. The first-order valence-electron chi connectivity index (χ1n) is 7.29. The first-order valence-corrected chi connectivity index (χ1v) is 7.29. The van der Waals surface area contributed by atoms with Gasteiger partial charge >= 0.3 is 5.97 Å². The molecule has 7 heteroatoms. The van der Waals surface area contributed by atoms with Gasteiger partial charge in [0.25, 0.3) is 0 Å². The maximum absolute atomic E-state index is 12.0. The number of nitrogens with zero attached hydrogens (tertiary/aromatic N) is 3. The summed E-state index contributed by atoms with van der Waals surface area (Å²) in [6.45, 7) is 0. The number of esters is 1. The summed E-state index contributed by atoms with van der Waals surface area (Å²) in [4.78, 5) is 13.7. The number of anilines is 2. The molecule has 1 aromatic rings. The Hall–Kier alpha value is -1.76. The lowest BCUT2D eigenvalue weighted by Gasteiger charge is -2.22. The lowest BCUT2D eigenvalue weighted by molar-refractivity contribution is 0.0601. The molecule has 2 atom stereocenters. The van der Waals surface area contributed by atoms with Gasteiger partial charge in [0.2, 0.25) is 0 Å². The van der Waals surface area contributed by atoms with Crippen LogP contribution in [0.15, 0.2) is 0 Å². The van der Waals surface area contributed by atoms with Gasteiger partial charge in [-0.05, 0) is 12.8 Å². The van der Waals surface area contributed by atoms with Gasteiger partial charge in [-0.2, -0.15) is 5.10 Å². The summed E-state index contributed by atoms with van der Waals surface area (Å²) in [5.41, 5.74) is 6.39. The fourth-order valence-electron chi connectivity index (χ4n) is 2.85. The van der Waals surface area contributed by atoms with Gasteiger partial charge in [-0.3, -0.25) is 0 Å². The number of aliphatic hydroxyl groups is 1. The van der Waals surface area contributed by atoms with Crippen LogP contribution in [0, 0.1) is 0 Å². The van der Waals surface area contributed by atoms with Gasteiger partial charge in [-0.25, -0.2) is 9.48 Å². The van der Waals surface area contributed by atoms with E-state index in [9.17, 15) is 9.90 Å². The second-order valence-corrected chi connectivity index (χ2v) is 5.69. The Labute approximate surface area is 124 Å². The van der Waals surface area contributed by atoms with Crippen molar-refractivity contribution in [2.24, 2.45) is 0 Å². The minimum Gasteiger partial charge on any atom is -0.465 e. The molecule has 3 N–H and O–H groups in total. The molecular weight excluding hydrogens is 272 g/mol. The summed E-state index contributed by atoms with van der Waals surface area (Å²) in [5.74, 6) is 0.220. The van der Waals surface area contributed by atoms with Crippen LogP contribution in [0.2, 0.25) is 0 Å². The van der Waals surface area contributed by atoms with E-state index >= 15 is 0 Å². The molecule has 118 valence electrons. The number of carbonyl (C=O) groups is 1. The van der Waals surface area contributed by atoms with Crippen LogP contribution >= 0.6 is 0 Å². The second-order valence-electron chi connectivity index (χ2n) is 5.69. The topological polar surface area (TPSA) is 93.6 Å². The smallest absolute Gasteiger partial charge is 0.345 e. The fraction of sp³-hybridized carbons (Fsp3) is 0.714. The van der Waals surface area contributed by atoms with Crippen LogP contribution in [0.3, 0.4) is 0 Å². The van der Waals surface area contributed by atoms with E-state index in [0.29, 0.717) is 5.82 Å². The molecule has 1 aliphatic rings. The molecule has 0 bridgehead atoms. The minimum absolute atomic E-state index is 0.190. The highest BCUT2D eigenvalue weighted by molar-refractivity contribution is 5.99. The number of rotatable bonds is 3. The molecule has 2 rings (SSSR count). The molecule has 1 saturated carbocycles. The van der Waals surface area contributed by atoms with Crippen molar-refractivity contribution in [1.29, 1.82) is 0 Å². The molecule has 0 saturated heterocycles. The van der Waals surface area contributed by atoms with E-state index in [1.807, 2.05) is 0 Å². The number of nitrogens with two attached hydrogens (primary N) is 1. The molecule has 7 nitrogen and oxygen atoms in total. The highest BCUT2D eigenvalue weighted by atomic mass is 16.5. The molecule has 0 spiro atoms. The van der Waals surface area contributed by atoms with E-state index in [1.54, 1.807) is 23.7 Å². The molecule has 0 radical (unpaired) electrons. The van der Waals surface area contributed by atoms with Crippen LogP contribution < -0.4 is 10.6 Å². The van der Waals surface area contributed by atoms with Gasteiger partial charge in [0.1, 0.15) is 11.4 Å². The van der Waals surface area contributed by atoms with Crippen molar-refractivity contribution in [3.63, 3.8) is 0 Å². The highest BCUT2D eigenvalue weighted by Crippen LogP contribution is 2.33. The van der Waals surface area contributed by atoms with Crippen LogP contribution in [0.25, 0.3) is 0 Å². The highest BCUT2D eigenvalue weighted by Gasteiger charge is 2.31. The Morgan fingerprint density at radius 1 is 1.38 bits per heavy atom. The Morgan fingerprint density at radius 2 is 2.05 bits per heavy atom. The van der Waals surface area contributed by atoms with Crippen molar-refractivity contribution in [1.82, 2.24) is 9.78 Å². The van der Waals surface area contributed by atoms with Gasteiger partial charge in [0.15, 0.2) is 5.82 Å². The van der Waals surface area contributed by atoms with Gasteiger partial charge in [-0.15, -0.1) is 0 Å². The third-order valence-corrected chi connectivity index (χ3v) is 4.00. The van der Waals surface area contributed by atoms with E-state index in [4.69, 9.17) is 10.5 Å². The third kappa shape index (κ3) is 2.97. The number of methoxy groups -OCH3 is 1. The summed E-state index contributed by atoms with van der Waals surface area (Å²) in [6.07, 6.45) is 4.17. The Morgan fingerprint density at radius 3 is 2.67 bits per heavy atom. The van der Waals surface area contributed by atoms with Gasteiger partial charge < -0.3 is 20.5 Å². The average Bonchev–Trinajstić information content (AvgIpc) is 2.64. The molecule has 0 amide bonds. The fourth-order valence-corrected chi connectivity index (χ4v) is 2.85. The zero-order valence-corrected chi connectivity index (χ0v) is 12.9. The maximum Gasteiger partial charge on any atom is 0.345 e. The zero-order valence-electron chi connectivity index (χ0n) is 12.9. The SMILES string of the molecule is COC(=O)c1c(N(C)C)nn(C2CCCCCC2O)c1N. The van der Waals surface area contributed by atoms with Gasteiger partial charge in [0.05, 0.1) is 19.3 Å². The number of hydrogen-bond donors (Lipinski definition) is 2. The van der Waals surface area contributed by atoms with Crippen LogP contribution in [0.5, 0.6) is 0 Å². The van der Waals surface area contributed by atoms with Crippen LogP contribution in [-0.4, -0.2) is 48.2 Å². The van der Waals surface area contributed by atoms with E-state index < -0.39 is 12.1 Å². The van der Waals surface area contributed by atoms with Gasteiger partial charge in [0, 0.05) is 14.1 Å². The minimum atomic E-state index is -0.509. The quantitative estimate of drug-likeness (QED) is 0.642. The van der Waals surface area contributed by atoms with Crippen molar-refractivity contribution in [2.45, 2.75) is 44.2 Å². The van der Waals surface area contributed by atoms with Crippen molar-refractivity contribution in [3.8, 4) is 0 Å². The summed E-state index contributed by atoms with van der Waals surface area (Å²) in [7, 11) is 4.91. The van der Waals surface area contributed by atoms with E-state index in [2.05, 4.69) is 5.10 Å². The molecular formula is C14H24N4O3. The van der Waals surface area contributed by atoms with E-state index in [-0.39, 0.29) is 17.4 Å².